The molecule has 1 fully saturated rings. The molecule has 1 heterocycles. The Morgan fingerprint density at radius 3 is 2.87 bits per heavy atom. The van der Waals surface area contributed by atoms with Crippen LogP contribution in [0, 0.1) is 11.8 Å². The van der Waals surface area contributed by atoms with E-state index in [2.05, 4.69) is 22.5 Å². The van der Waals surface area contributed by atoms with Gasteiger partial charge < -0.3 is 0 Å². The molecule has 0 aromatic rings. The van der Waals surface area contributed by atoms with Crippen molar-refractivity contribution in [3.63, 3.8) is 0 Å². The maximum Gasteiger partial charge on any atom is 0.243 e. The minimum absolute atomic E-state index is 0.0526. The van der Waals surface area contributed by atoms with E-state index < -0.39 is 5.91 Å². The highest BCUT2D eigenvalue weighted by Crippen LogP contribution is 2.11. The number of carbonyl (C=O) groups excluding carboxylic acids is 2. The summed E-state index contributed by atoms with van der Waals surface area (Å²) in [4.78, 5) is 22.3. The Hall–Kier alpha value is -1.05. The van der Waals surface area contributed by atoms with E-state index in [1.54, 1.807) is 6.92 Å². The molecule has 0 radical (unpaired) electrons. The first-order chi connectivity index (χ1) is 7.17. The quantitative estimate of drug-likeness (QED) is 0.517. The summed E-state index contributed by atoms with van der Waals surface area (Å²) in [6.07, 6.45) is 1.52. The molecule has 0 bridgehead atoms. The lowest BCUT2D eigenvalue weighted by Crippen LogP contribution is -2.45. The number of hydrogen-bond acceptors (Lipinski definition) is 3. The van der Waals surface area contributed by atoms with Crippen LogP contribution in [0.3, 0.4) is 0 Å². The predicted octanol–water partition coefficient (Wildman–Crippen LogP) is 0.0119. The Bertz CT molecular complexity index is 319. The molecule has 0 aromatic carbocycles. The first-order valence-electron chi connectivity index (χ1n) is 4.75. The number of carbonyl (C=O) groups is 2. The van der Waals surface area contributed by atoms with Crippen LogP contribution in [0.1, 0.15) is 19.8 Å². The Labute approximate surface area is 93.7 Å². The van der Waals surface area contributed by atoms with Gasteiger partial charge in [-0.25, -0.2) is 0 Å². The van der Waals surface area contributed by atoms with E-state index in [1.165, 1.54) is 0 Å². The third-order valence-corrected chi connectivity index (χ3v) is 2.41. The lowest BCUT2D eigenvalue weighted by Gasteiger charge is -2.09. The molecular weight excluding hydrogens is 216 g/mol. The van der Waals surface area contributed by atoms with Crippen molar-refractivity contribution in [1.82, 2.24) is 10.6 Å². The monoisotopic (exact) mass is 228 g/mol. The number of imide groups is 1. The largest absolute Gasteiger partial charge is 0.294 e. The van der Waals surface area contributed by atoms with Crippen molar-refractivity contribution in [3.8, 4) is 11.8 Å². The summed E-state index contributed by atoms with van der Waals surface area (Å²) >= 11 is 5.27. The topological polar surface area (TPSA) is 58.2 Å². The number of rotatable bonds is 2. The molecule has 1 aliphatic heterocycles. The summed E-state index contributed by atoms with van der Waals surface area (Å²) in [5.74, 6) is 4.75. The molecule has 0 aromatic heterocycles. The van der Waals surface area contributed by atoms with E-state index in [4.69, 9.17) is 11.6 Å². The molecule has 2 amide bonds. The summed E-state index contributed by atoms with van der Waals surface area (Å²) in [5, 5.41) is 5.25. The zero-order valence-corrected chi connectivity index (χ0v) is 9.23. The molecule has 1 saturated heterocycles. The van der Waals surface area contributed by atoms with Crippen molar-refractivity contribution >= 4 is 23.4 Å². The van der Waals surface area contributed by atoms with E-state index >= 15 is 0 Å². The average Bonchev–Trinajstić information content (AvgIpc) is 2.67. The van der Waals surface area contributed by atoms with Gasteiger partial charge in [-0.15, -0.1) is 17.5 Å². The molecule has 15 heavy (non-hydrogen) atoms. The molecule has 0 saturated carbocycles. The SMILES string of the molecule is CC#C[C@H]1CC[C@@H](C(=O)NC(=O)CCl)N1. The Balaban J connectivity index is 2.42. The highest BCUT2D eigenvalue weighted by Gasteiger charge is 2.28. The highest BCUT2D eigenvalue weighted by atomic mass is 35.5. The summed E-state index contributed by atoms with van der Waals surface area (Å²) in [5.41, 5.74) is 0. The Kier molecular flexibility index (Phi) is 4.60. The zero-order valence-electron chi connectivity index (χ0n) is 8.47. The predicted molar refractivity (Wildman–Crippen MR) is 57.3 cm³/mol. The Morgan fingerprint density at radius 2 is 2.27 bits per heavy atom. The fraction of sp³-hybridized carbons (Fsp3) is 0.600. The fourth-order valence-corrected chi connectivity index (χ4v) is 1.56. The molecule has 0 unspecified atom stereocenters. The maximum absolute atomic E-state index is 11.5. The number of nitrogens with one attached hydrogen (secondary N) is 2. The molecule has 0 aliphatic carbocycles. The van der Waals surface area contributed by atoms with E-state index in [0.29, 0.717) is 6.42 Å². The van der Waals surface area contributed by atoms with E-state index in [9.17, 15) is 9.59 Å². The molecule has 0 spiro atoms. The molecule has 1 rings (SSSR count). The van der Waals surface area contributed by atoms with Gasteiger partial charge in [-0.3, -0.25) is 20.2 Å². The Morgan fingerprint density at radius 1 is 1.53 bits per heavy atom. The third kappa shape index (κ3) is 3.54. The van der Waals surface area contributed by atoms with Gasteiger partial charge >= 0.3 is 0 Å². The fourth-order valence-electron chi connectivity index (χ4n) is 1.50. The van der Waals surface area contributed by atoms with Gasteiger partial charge in [0.15, 0.2) is 0 Å². The third-order valence-electron chi connectivity index (χ3n) is 2.17. The van der Waals surface area contributed by atoms with E-state index in [-0.39, 0.29) is 23.9 Å². The second-order valence-corrected chi connectivity index (χ2v) is 3.56. The minimum Gasteiger partial charge on any atom is -0.294 e. The number of hydrogen-bond donors (Lipinski definition) is 2. The summed E-state index contributed by atoms with van der Waals surface area (Å²) in [6.45, 7) is 1.76. The molecular formula is C10H13ClN2O2. The second kappa shape index (κ2) is 5.74. The standard InChI is InChI=1S/C10H13ClN2O2/c1-2-3-7-4-5-8(12-7)10(15)13-9(14)6-11/h7-8,12H,4-6H2,1H3,(H,13,14,15)/t7-,8-/m0/s1. The van der Waals surface area contributed by atoms with Crippen LogP contribution < -0.4 is 10.6 Å². The number of halogens is 1. The second-order valence-electron chi connectivity index (χ2n) is 3.29. The molecule has 1 aliphatic rings. The van der Waals surface area contributed by atoms with Gasteiger partial charge in [-0.05, 0) is 19.8 Å². The van der Waals surface area contributed by atoms with Gasteiger partial charge in [0.05, 0.1) is 12.1 Å². The summed E-state index contributed by atoms with van der Waals surface area (Å²) in [7, 11) is 0. The van der Waals surface area contributed by atoms with Gasteiger partial charge in [-0.1, -0.05) is 5.92 Å². The molecule has 4 nitrogen and oxygen atoms in total. The van der Waals surface area contributed by atoms with Gasteiger partial charge in [0.2, 0.25) is 11.8 Å². The van der Waals surface area contributed by atoms with Crippen LogP contribution in [0.25, 0.3) is 0 Å². The number of alkyl halides is 1. The zero-order chi connectivity index (χ0) is 11.3. The van der Waals surface area contributed by atoms with Gasteiger partial charge in [0.1, 0.15) is 5.88 Å². The van der Waals surface area contributed by atoms with Crippen LogP contribution in [0.2, 0.25) is 0 Å². The van der Waals surface area contributed by atoms with Crippen molar-refractivity contribution in [2.45, 2.75) is 31.8 Å². The van der Waals surface area contributed by atoms with Crippen molar-refractivity contribution < 1.29 is 9.59 Å². The first kappa shape index (κ1) is 12.0. The average molecular weight is 229 g/mol. The minimum atomic E-state index is -0.464. The van der Waals surface area contributed by atoms with Gasteiger partial charge in [0, 0.05) is 0 Å². The maximum atomic E-state index is 11.5. The van der Waals surface area contributed by atoms with Gasteiger partial charge in [0.25, 0.3) is 0 Å². The summed E-state index contributed by atoms with van der Waals surface area (Å²) in [6, 6.07) is -0.278. The van der Waals surface area contributed by atoms with Crippen LogP contribution >= 0.6 is 11.6 Å². The van der Waals surface area contributed by atoms with Crippen molar-refractivity contribution in [3.05, 3.63) is 0 Å². The molecule has 2 N–H and O–H groups in total. The lowest BCUT2D eigenvalue weighted by molar-refractivity contribution is -0.130. The summed E-state index contributed by atoms with van der Waals surface area (Å²) < 4.78 is 0. The van der Waals surface area contributed by atoms with Crippen LogP contribution in [0.5, 0.6) is 0 Å². The highest BCUT2D eigenvalue weighted by molar-refractivity contribution is 6.28. The first-order valence-corrected chi connectivity index (χ1v) is 5.28. The smallest absolute Gasteiger partial charge is 0.243 e. The molecule has 2 atom stereocenters. The van der Waals surface area contributed by atoms with Crippen LogP contribution in [-0.2, 0) is 9.59 Å². The van der Waals surface area contributed by atoms with Crippen LogP contribution in [-0.4, -0.2) is 29.8 Å². The molecule has 82 valence electrons. The number of amides is 2. The normalized spacial score (nSPS) is 24.1. The van der Waals surface area contributed by atoms with E-state index in [1.807, 2.05) is 0 Å². The molecule has 5 heteroatoms. The van der Waals surface area contributed by atoms with Crippen molar-refractivity contribution in [1.29, 1.82) is 0 Å². The van der Waals surface area contributed by atoms with Crippen LogP contribution in [0.4, 0.5) is 0 Å². The lowest BCUT2D eigenvalue weighted by atomic mass is 10.2. The van der Waals surface area contributed by atoms with E-state index in [0.717, 1.165) is 6.42 Å². The van der Waals surface area contributed by atoms with Crippen LogP contribution in [0.15, 0.2) is 0 Å². The van der Waals surface area contributed by atoms with Crippen molar-refractivity contribution in [2.24, 2.45) is 0 Å². The van der Waals surface area contributed by atoms with Gasteiger partial charge in [-0.2, -0.15) is 0 Å². The van der Waals surface area contributed by atoms with Crippen molar-refractivity contribution in [2.75, 3.05) is 5.88 Å².